The van der Waals surface area contributed by atoms with E-state index in [9.17, 15) is 0 Å². The Morgan fingerprint density at radius 3 is 2.68 bits per heavy atom. The molecule has 3 heteroatoms. The summed E-state index contributed by atoms with van der Waals surface area (Å²) in [7, 11) is 2.18. The van der Waals surface area contributed by atoms with E-state index in [0.29, 0.717) is 5.92 Å². The quantitative estimate of drug-likeness (QED) is 0.537. The zero-order valence-electron chi connectivity index (χ0n) is 17.1. The van der Waals surface area contributed by atoms with Gasteiger partial charge in [0.05, 0.1) is 22.3 Å². The Kier molecular flexibility index (Phi) is 2.98. The van der Waals surface area contributed by atoms with Gasteiger partial charge in [0.25, 0.3) is 0 Å². The van der Waals surface area contributed by atoms with Gasteiger partial charge in [0.15, 0.2) is 6.20 Å². The smallest absolute Gasteiger partial charge is 0.204 e. The van der Waals surface area contributed by atoms with Crippen LogP contribution in [0, 0.1) is 25.7 Å². The Morgan fingerprint density at radius 1 is 1.11 bits per heavy atom. The van der Waals surface area contributed by atoms with Crippen molar-refractivity contribution >= 4 is 33.2 Å². The fraction of sp³-hybridized carbons (Fsp3) is 0.320. The second-order valence-corrected chi connectivity index (χ2v) is 8.74. The van der Waals surface area contributed by atoms with E-state index in [1.807, 2.05) is 0 Å². The van der Waals surface area contributed by atoms with Gasteiger partial charge >= 0.3 is 0 Å². The molecule has 0 bridgehead atoms. The molecule has 3 aliphatic heterocycles. The van der Waals surface area contributed by atoms with Crippen molar-refractivity contribution in [1.29, 1.82) is 0 Å². The highest BCUT2D eigenvalue weighted by atomic mass is 16.5. The Hall–Kier alpha value is -2.81. The zero-order valence-corrected chi connectivity index (χ0v) is 17.1. The highest BCUT2D eigenvalue weighted by Crippen LogP contribution is 2.50. The maximum Gasteiger partial charge on any atom is 0.204 e. The van der Waals surface area contributed by atoms with Crippen molar-refractivity contribution in [3.63, 3.8) is 0 Å². The minimum absolute atomic E-state index is 0.0860. The second-order valence-electron chi connectivity index (χ2n) is 8.74. The van der Waals surface area contributed by atoms with Crippen LogP contribution in [-0.2, 0) is 4.74 Å². The second kappa shape index (κ2) is 5.16. The number of hydrogen-bond acceptors (Lipinski definition) is 1. The normalized spacial score (nSPS) is 22.6. The number of benzene rings is 2. The molecule has 0 aliphatic carbocycles. The van der Waals surface area contributed by atoms with Crippen LogP contribution in [0.25, 0.3) is 27.5 Å². The maximum atomic E-state index is 6.56. The van der Waals surface area contributed by atoms with Gasteiger partial charge in [0.2, 0.25) is 5.71 Å². The molecule has 6 rings (SSSR count). The number of aryl methyl sites for hydroxylation is 1. The summed E-state index contributed by atoms with van der Waals surface area (Å²) < 4.78 is 11.4. The number of aromatic nitrogens is 1. The molecular formula is C25H25N2O+. The van der Waals surface area contributed by atoms with Crippen molar-refractivity contribution in [2.24, 2.45) is 11.8 Å². The van der Waals surface area contributed by atoms with E-state index in [0.717, 1.165) is 5.76 Å². The fourth-order valence-electron chi connectivity index (χ4n) is 5.47. The summed E-state index contributed by atoms with van der Waals surface area (Å²) in [6.07, 6.45) is 4.49. The minimum Gasteiger partial charge on any atom is -0.487 e. The number of rotatable bonds is 1. The highest BCUT2D eigenvalue weighted by molar-refractivity contribution is 6.24. The summed E-state index contributed by atoms with van der Waals surface area (Å²) in [6.45, 7) is 9.00. The lowest BCUT2D eigenvalue weighted by atomic mass is 9.81. The van der Waals surface area contributed by atoms with Crippen LogP contribution in [0.1, 0.15) is 30.5 Å². The average Bonchev–Trinajstić information content (AvgIpc) is 3.21. The van der Waals surface area contributed by atoms with Crippen LogP contribution in [0.4, 0.5) is 0 Å². The van der Waals surface area contributed by atoms with Gasteiger partial charge < -0.3 is 9.30 Å². The van der Waals surface area contributed by atoms with E-state index in [2.05, 4.69) is 86.5 Å². The largest absolute Gasteiger partial charge is 0.487 e. The number of fused-ring (bicyclic) bond motifs is 5. The lowest BCUT2D eigenvalue weighted by Crippen LogP contribution is -2.38. The SMILES string of the molecule is Cc1cc2c3ccccc3n3c2c(c1C)C1=[N+](C)C=CC2OC(C(C)C)=C3C12. The van der Waals surface area contributed by atoms with E-state index in [1.54, 1.807) is 0 Å². The number of hydrogen-bond donors (Lipinski definition) is 0. The van der Waals surface area contributed by atoms with Crippen molar-refractivity contribution in [3.05, 3.63) is 65.1 Å². The van der Waals surface area contributed by atoms with Gasteiger partial charge in [-0.25, -0.2) is 4.58 Å². The summed E-state index contributed by atoms with van der Waals surface area (Å²) in [5.41, 5.74) is 9.49. The van der Waals surface area contributed by atoms with E-state index in [1.165, 1.54) is 49.9 Å². The van der Waals surface area contributed by atoms with Crippen LogP contribution in [0.5, 0.6) is 0 Å². The first-order chi connectivity index (χ1) is 13.5. The van der Waals surface area contributed by atoms with Crippen LogP contribution >= 0.6 is 0 Å². The van der Waals surface area contributed by atoms with Crippen molar-refractivity contribution in [2.75, 3.05) is 7.05 Å². The summed E-state index contributed by atoms with van der Waals surface area (Å²) in [5.74, 6) is 1.74. The first-order valence-electron chi connectivity index (χ1n) is 10.2. The maximum absolute atomic E-state index is 6.56. The van der Waals surface area contributed by atoms with Crippen molar-refractivity contribution in [2.45, 2.75) is 33.8 Å². The molecule has 0 spiro atoms. The number of allylic oxidation sites excluding steroid dienone is 1. The van der Waals surface area contributed by atoms with Crippen molar-refractivity contribution < 1.29 is 9.31 Å². The molecule has 3 aromatic rings. The first kappa shape index (κ1) is 16.2. The molecule has 0 radical (unpaired) electrons. The summed E-state index contributed by atoms with van der Waals surface area (Å²) in [4.78, 5) is 0. The van der Waals surface area contributed by atoms with Crippen LogP contribution < -0.4 is 0 Å². The molecule has 2 aromatic carbocycles. The molecule has 3 aliphatic rings. The zero-order chi connectivity index (χ0) is 19.3. The molecule has 2 atom stereocenters. The van der Waals surface area contributed by atoms with Crippen LogP contribution in [0.3, 0.4) is 0 Å². The molecule has 3 nitrogen and oxygen atoms in total. The summed E-state index contributed by atoms with van der Waals surface area (Å²) in [6, 6.07) is 11.2. The molecule has 0 saturated carbocycles. The van der Waals surface area contributed by atoms with E-state index in [-0.39, 0.29) is 12.0 Å². The Morgan fingerprint density at radius 2 is 1.89 bits per heavy atom. The standard InChI is InChI=1S/C25H25N2O/c1-13(2)25-24-21-19(28-25)10-11-26(5)23(21)20-15(4)14(3)12-17-16-8-6-7-9-18(16)27(24)22(17)20/h6-13,19,21H,1-5H3/q+1. The van der Waals surface area contributed by atoms with Crippen molar-refractivity contribution in [1.82, 2.24) is 4.57 Å². The van der Waals surface area contributed by atoms with Gasteiger partial charge in [-0.2, -0.15) is 0 Å². The molecule has 0 fully saturated rings. The monoisotopic (exact) mass is 369 g/mol. The predicted molar refractivity (Wildman–Crippen MR) is 115 cm³/mol. The third kappa shape index (κ3) is 1.73. The Labute approximate surface area is 165 Å². The first-order valence-corrected chi connectivity index (χ1v) is 10.2. The molecule has 0 N–H and O–H groups in total. The lowest BCUT2D eigenvalue weighted by Gasteiger charge is -2.29. The van der Waals surface area contributed by atoms with Crippen molar-refractivity contribution in [3.8, 4) is 0 Å². The van der Waals surface area contributed by atoms with E-state index < -0.39 is 0 Å². The third-order valence-corrected chi connectivity index (χ3v) is 6.81. The van der Waals surface area contributed by atoms with Gasteiger partial charge in [-0.05, 0) is 37.1 Å². The fourth-order valence-corrected chi connectivity index (χ4v) is 5.47. The third-order valence-electron chi connectivity index (χ3n) is 6.81. The van der Waals surface area contributed by atoms with Crippen LogP contribution in [0.2, 0.25) is 0 Å². The molecular weight excluding hydrogens is 344 g/mol. The number of nitrogens with zero attached hydrogens (tertiary/aromatic N) is 2. The molecule has 140 valence electrons. The molecule has 28 heavy (non-hydrogen) atoms. The summed E-state index contributed by atoms with van der Waals surface area (Å²) in [5, 5.41) is 2.68. The average molecular weight is 369 g/mol. The minimum atomic E-state index is 0.0860. The molecule has 4 heterocycles. The molecule has 1 aromatic heterocycles. The van der Waals surface area contributed by atoms with Gasteiger partial charge in [-0.3, -0.25) is 0 Å². The number of ether oxygens (including phenoxy) is 1. The lowest BCUT2D eigenvalue weighted by molar-refractivity contribution is -0.427. The van der Waals surface area contributed by atoms with E-state index >= 15 is 0 Å². The highest BCUT2D eigenvalue weighted by Gasteiger charge is 2.51. The van der Waals surface area contributed by atoms with E-state index in [4.69, 9.17) is 4.74 Å². The summed E-state index contributed by atoms with van der Waals surface area (Å²) >= 11 is 0. The van der Waals surface area contributed by atoms with Gasteiger partial charge in [0, 0.05) is 22.8 Å². The number of para-hydroxylation sites is 1. The molecule has 0 amide bonds. The van der Waals surface area contributed by atoms with Gasteiger partial charge in [-0.15, -0.1) is 0 Å². The van der Waals surface area contributed by atoms with Crippen LogP contribution in [0.15, 0.2) is 48.4 Å². The Bertz CT molecular complexity index is 1300. The predicted octanol–water partition coefficient (Wildman–Crippen LogP) is 5.22. The van der Waals surface area contributed by atoms with Gasteiger partial charge in [0.1, 0.15) is 24.8 Å². The Balaban J connectivity index is 1.93. The topological polar surface area (TPSA) is 17.2 Å². The van der Waals surface area contributed by atoms with Crippen LogP contribution in [-0.4, -0.2) is 28.0 Å². The molecule has 2 unspecified atom stereocenters. The molecule has 0 saturated heterocycles. The van der Waals surface area contributed by atoms with Gasteiger partial charge in [-0.1, -0.05) is 32.0 Å².